The maximum Gasteiger partial charge on any atom is 0.251 e. The zero-order valence-electron chi connectivity index (χ0n) is 18.6. The van der Waals surface area contributed by atoms with E-state index in [1.807, 2.05) is 42.5 Å². The zero-order chi connectivity index (χ0) is 23.9. The molecule has 4 rings (SSSR count). The number of benzene rings is 3. The molecule has 0 spiro atoms. The Bertz CT molecular complexity index is 1150. The predicted molar refractivity (Wildman–Crippen MR) is 138 cm³/mol. The van der Waals surface area contributed by atoms with Crippen LogP contribution in [0.5, 0.6) is 0 Å². The number of carbonyl (C=O) groups excluding carboxylic acids is 1. The van der Waals surface area contributed by atoms with Crippen LogP contribution in [0, 0.1) is 11.2 Å². The zero-order valence-corrected chi connectivity index (χ0v) is 19.4. The number of hydrogen-bond acceptors (Lipinski definition) is 3. The van der Waals surface area contributed by atoms with Gasteiger partial charge in [0.25, 0.3) is 5.91 Å². The van der Waals surface area contributed by atoms with Crippen LogP contribution in [0.4, 0.5) is 15.8 Å². The third-order valence-corrected chi connectivity index (χ3v) is 5.84. The van der Waals surface area contributed by atoms with E-state index in [9.17, 15) is 9.18 Å². The Morgan fingerprint density at radius 3 is 2.12 bits per heavy atom. The van der Waals surface area contributed by atoms with E-state index in [1.54, 1.807) is 24.3 Å². The smallest absolute Gasteiger partial charge is 0.251 e. The van der Waals surface area contributed by atoms with E-state index in [4.69, 9.17) is 17.6 Å². The molecule has 0 bridgehead atoms. The molecule has 34 heavy (non-hydrogen) atoms. The number of amidine groups is 1. The topological polar surface area (TPSA) is 80.2 Å². The first kappa shape index (κ1) is 23.4. The van der Waals surface area contributed by atoms with Gasteiger partial charge in [-0.15, -0.1) is 0 Å². The maximum atomic E-state index is 13.2. The molecular formula is C26H26FN5OS. The van der Waals surface area contributed by atoms with Crippen molar-refractivity contribution in [3.63, 3.8) is 0 Å². The Morgan fingerprint density at radius 1 is 0.882 bits per heavy atom. The molecule has 0 radical (unpaired) electrons. The van der Waals surface area contributed by atoms with Crippen molar-refractivity contribution in [2.45, 2.75) is 18.9 Å². The molecule has 0 aliphatic carbocycles. The van der Waals surface area contributed by atoms with Crippen molar-refractivity contribution in [2.75, 3.05) is 23.7 Å². The van der Waals surface area contributed by atoms with Gasteiger partial charge < -0.3 is 20.9 Å². The standard InChI is InChI=1S/C26H26FN5OS/c27-20-10-14-22(15-11-20)30-26(34)31-23(18-6-2-1-3-7-18)25(33)29-21-12-8-19(9-13-21)24(28)32-16-4-5-17-32/h1-3,6-15,23,28H,4-5,16-17H2,(H,29,33)(H2,30,31,34). The van der Waals surface area contributed by atoms with E-state index >= 15 is 0 Å². The van der Waals surface area contributed by atoms with Gasteiger partial charge in [0.1, 0.15) is 17.7 Å². The fraction of sp³-hybridized carbons (Fsp3) is 0.192. The third-order valence-electron chi connectivity index (χ3n) is 5.62. The average molecular weight is 476 g/mol. The number of halogens is 1. The highest BCUT2D eigenvalue weighted by Crippen LogP contribution is 2.19. The van der Waals surface area contributed by atoms with Gasteiger partial charge in [-0.25, -0.2) is 4.39 Å². The highest BCUT2D eigenvalue weighted by atomic mass is 32.1. The second-order valence-corrected chi connectivity index (χ2v) is 8.47. The molecule has 6 nitrogen and oxygen atoms in total. The molecule has 1 heterocycles. The van der Waals surface area contributed by atoms with Crippen LogP contribution in [0.25, 0.3) is 0 Å². The van der Waals surface area contributed by atoms with Gasteiger partial charge in [0.2, 0.25) is 0 Å². The minimum atomic E-state index is -0.746. The summed E-state index contributed by atoms with van der Waals surface area (Å²) < 4.78 is 13.2. The molecule has 174 valence electrons. The Labute approximate surface area is 203 Å². The van der Waals surface area contributed by atoms with Gasteiger partial charge in [0.15, 0.2) is 5.11 Å². The summed E-state index contributed by atoms with van der Waals surface area (Å²) in [4.78, 5) is 15.3. The molecular weight excluding hydrogens is 449 g/mol. The molecule has 1 aliphatic rings. The fourth-order valence-corrected chi connectivity index (χ4v) is 4.06. The van der Waals surface area contributed by atoms with Gasteiger partial charge in [-0.1, -0.05) is 30.3 Å². The highest BCUT2D eigenvalue weighted by molar-refractivity contribution is 7.80. The molecule has 3 aromatic carbocycles. The molecule has 0 saturated carbocycles. The largest absolute Gasteiger partial charge is 0.357 e. The van der Waals surface area contributed by atoms with Crippen LogP contribution >= 0.6 is 12.2 Å². The lowest BCUT2D eigenvalue weighted by atomic mass is 10.1. The van der Waals surface area contributed by atoms with Gasteiger partial charge in [-0.05, 0) is 79.2 Å². The molecule has 1 amide bonds. The number of anilines is 2. The van der Waals surface area contributed by atoms with E-state index in [0.29, 0.717) is 17.2 Å². The van der Waals surface area contributed by atoms with Gasteiger partial charge in [0.05, 0.1) is 0 Å². The van der Waals surface area contributed by atoms with Crippen molar-refractivity contribution in [1.29, 1.82) is 5.41 Å². The summed E-state index contributed by atoms with van der Waals surface area (Å²) in [5.41, 5.74) is 2.81. The average Bonchev–Trinajstić information content (AvgIpc) is 3.40. The summed E-state index contributed by atoms with van der Waals surface area (Å²) >= 11 is 5.40. The number of carbonyl (C=O) groups is 1. The molecule has 0 aromatic heterocycles. The second kappa shape index (κ2) is 10.9. The van der Waals surface area contributed by atoms with Gasteiger partial charge >= 0.3 is 0 Å². The molecule has 1 unspecified atom stereocenters. The normalized spacial score (nSPS) is 13.7. The number of likely N-dealkylation sites (tertiary alicyclic amines) is 1. The first-order valence-electron chi connectivity index (χ1n) is 11.1. The van der Waals surface area contributed by atoms with E-state index in [1.165, 1.54) is 12.1 Å². The first-order chi connectivity index (χ1) is 16.5. The molecule has 1 fully saturated rings. The van der Waals surface area contributed by atoms with Crippen molar-refractivity contribution in [3.8, 4) is 0 Å². The molecule has 4 N–H and O–H groups in total. The minimum absolute atomic E-state index is 0.241. The number of nitrogens with one attached hydrogen (secondary N) is 4. The van der Waals surface area contributed by atoms with Crippen molar-refractivity contribution < 1.29 is 9.18 Å². The van der Waals surface area contributed by atoms with E-state index in [2.05, 4.69) is 20.9 Å². The molecule has 1 aliphatic heterocycles. The summed E-state index contributed by atoms with van der Waals surface area (Å²) in [5, 5.41) is 17.6. The Hall–Kier alpha value is -3.78. The summed E-state index contributed by atoms with van der Waals surface area (Å²) in [7, 11) is 0. The van der Waals surface area contributed by atoms with E-state index in [-0.39, 0.29) is 16.8 Å². The van der Waals surface area contributed by atoms with Crippen LogP contribution in [0.1, 0.15) is 30.0 Å². The van der Waals surface area contributed by atoms with Crippen LogP contribution < -0.4 is 16.0 Å². The van der Waals surface area contributed by atoms with Crippen molar-refractivity contribution in [3.05, 3.63) is 95.8 Å². The predicted octanol–water partition coefficient (Wildman–Crippen LogP) is 4.91. The highest BCUT2D eigenvalue weighted by Gasteiger charge is 2.22. The summed E-state index contributed by atoms with van der Waals surface area (Å²) in [6.07, 6.45) is 2.23. The van der Waals surface area contributed by atoms with Crippen LogP contribution in [0.2, 0.25) is 0 Å². The lowest BCUT2D eigenvalue weighted by molar-refractivity contribution is -0.117. The summed E-state index contributed by atoms with van der Waals surface area (Å²) in [6, 6.07) is 21.6. The van der Waals surface area contributed by atoms with Crippen molar-refractivity contribution in [1.82, 2.24) is 10.2 Å². The van der Waals surface area contributed by atoms with Crippen LogP contribution in [-0.4, -0.2) is 34.8 Å². The van der Waals surface area contributed by atoms with E-state index < -0.39 is 6.04 Å². The first-order valence-corrected chi connectivity index (χ1v) is 11.5. The third kappa shape index (κ3) is 5.96. The molecule has 1 atom stereocenters. The number of hydrogen-bond donors (Lipinski definition) is 4. The summed E-state index contributed by atoms with van der Waals surface area (Å²) in [5.74, 6) is -0.110. The number of amides is 1. The van der Waals surface area contributed by atoms with Gasteiger partial charge in [-0.3, -0.25) is 10.2 Å². The Balaban J connectivity index is 1.44. The van der Waals surface area contributed by atoms with E-state index in [0.717, 1.165) is 37.1 Å². The maximum absolute atomic E-state index is 13.2. The lowest BCUT2D eigenvalue weighted by Gasteiger charge is -2.21. The monoisotopic (exact) mass is 475 g/mol. The van der Waals surface area contributed by atoms with Crippen LogP contribution in [0.3, 0.4) is 0 Å². The van der Waals surface area contributed by atoms with Crippen LogP contribution in [-0.2, 0) is 4.79 Å². The van der Waals surface area contributed by atoms with Crippen molar-refractivity contribution >= 4 is 40.4 Å². The van der Waals surface area contributed by atoms with Gasteiger partial charge in [-0.2, -0.15) is 0 Å². The quantitative estimate of drug-likeness (QED) is 0.231. The van der Waals surface area contributed by atoms with Crippen LogP contribution in [0.15, 0.2) is 78.9 Å². The number of nitrogens with zero attached hydrogens (tertiary/aromatic N) is 1. The summed E-state index contributed by atoms with van der Waals surface area (Å²) in [6.45, 7) is 1.82. The molecule has 1 saturated heterocycles. The Kier molecular flexibility index (Phi) is 7.49. The second-order valence-electron chi connectivity index (χ2n) is 8.06. The Morgan fingerprint density at radius 2 is 1.47 bits per heavy atom. The minimum Gasteiger partial charge on any atom is -0.357 e. The molecule has 3 aromatic rings. The van der Waals surface area contributed by atoms with Gasteiger partial charge in [0, 0.05) is 30.0 Å². The fourth-order valence-electron chi connectivity index (χ4n) is 3.83. The SMILES string of the molecule is N=C(c1ccc(NC(=O)C(NC(=S)Nc2ccc(F)cc2)c2ccccc2)cc1)N1CCCC1. The number of rotatable bonds is 6. The lowest BCUT2D eigenvalue weighted by Crippen LogP contribution is -2.39. The van der Waals surface area contributed by atoms with Crippen molar-refractivity contribution in [2.24, 2.45) is 0 Å². The molecule has 8 heteroatoms. The number of thiocarbonyl (C=S) groups is 1.